The van der Waals surface area contributed by atoms with Crippen LogP contribution in [0.25, 0.3) is 0 Å². The van der Waals surface area contributed by atoms with Crippen molar-refractivity contribution in [1.82, 2.24) is 10.2 Å². The topological polar surface area (TPSA) is 126 Å². The van der Waals surface area contributed by atoms with Crippen LogP contribution in [0.3, 0.4) is 0 Å². The Labute approximate surface area is 133 Å². The monoisotopic (exact) mass is 323 g/mol. The van der Waals surface area contributed by atoms with Crippen LogP contribution in [0.4, 0.5) is 0 Å². The quantitative estimate of drug-likeness (QED) is 0.661. The van der Waals surface area contributed by atoms with E-state index in [0.717, 1.165) is 0 Å². The van der Waals surface area contributed by atoms with Gasteiger partial charge in [0.15, 0.2) is 0 Å². The van der Waals surface area contributed by atoms with Gasteiger partial charge in [0.25, 0.3) is 0 Å². The highest BCUT2D eigenvalue weighted by Crippen LogP contribution is 2.18. The van der Waals surface area contributed by atoms with Crippen LogP contribution in [0.15, 0.2) is 22.8 Å². The minimum atomic E-state index is -1.02. The lowest BCUT2D eigenvalue weighted by atomic mass is 10.1. The van der Waals surface area contributed by atoms with E-state index in [4.69, 9.17) is 15.3 Å². The Bertz CT molecular complexity index is 572. The predicted octanol–water partition coefficient (Wildman–Crippen LogP) is -0.270. The average molecular weight is 323 g/mol. The number of carbonyl (C=O) groups is 3. The molecule has 4 N–H and O–H groups in total. The second-order valence-corrected chi connectivity index (χ2v) is 5.65. The molecule has 0 aliphatic carbocycles. The van der Waals surface area contributed by atoms with E-state index in [1.807, 2.05) is 0 Å². The third-order valence-corrected chi connectivity index (χ3v) is 3.89. The summed E-state index contributed by atoms with van der Waals surface area (Å²) in [6.07, 6.45) is 2.79. The van der Waals surface area contributed by atoms with Gasteiger partial charge in [0.1, 0.15) is 17.8 Å². The summed E-state index contributed by atoms with van der Waals surface area (Å²) in [5.41, 5.74) is 5.79. The van der Waals surface area contributed by atoms with Gasteiger partial charge >= 0.3 is 5.97 Å². The molecule has 1 fully saturated rings. The largest absolute Gasteiger partial charge is 0.480 e. The van der Waals surface area contributed by atoms with Crippen molar-refractivity contribution in [2.24, 2.45) is 5.73 Å². The predicted molar refractivity (Wildman–Crippen MR) is 80.4 cm³/mol. The van der Waals surface area contributed by atoms with Gasteiger partial charge in [-0.2, -0.15) is 0 Å². The molecule has 8 heteroatoms. The van der Waals surface area contributed by atoms with Crippen molar-refractivity contribution in [3.8, 4) is 0 Å². The van der Waals surface area contributed by atoms with Crippen LogP contribution in [0, 0.1) is 0 Å². The maximum atomic E-state index is 12.3. The first-order valence-corrected chi connectivity index (χ1v) is 7.51. The molecule has 0 radical (unpaired) electrons. The first-order chi connectivity index (χ1) is 10.9. The summed E-state index contributed by atoms with van der Waals surface area (Å²) in [7, 11) is 0. The fourth-order valence-electron chi connectivity index (χ4n) is 2.66. The molecule has 0 aromatic carbocycles. The maximum Gasteiger partial charge on any atom is 0.326 e. The standard InChI is InChI=1S/C15H21N3O5/c1-9(14(20)18-6-2-5-12(18)15(21)22)17-13(19)11(16)8-10-4-3-7-23-10/h3-4,7,9,11-12H,2,5-6,8,16H2,1H3,(H,17,19)(H,21,22)/t9-,11-,12-/m0/s1. The number of rotatable bonds is 6. The third-order valence-electron chi connectivity index (χ3n) is 3.89. The van der Waals surface area contributed by atoms with Crippen LogP contribution in [0.2, 0.25) is 0 Å². The number of aliphatic carboxylic acids is 1. The van der Waals surface area contributed by atoms with Gasteiger partial charge in [0, 0.05) is 13.0 Å². The van der Waals surface area contributed by atoms with Crippen molar-refractivity contribution in [2.75, 3.05) is 6.54 Å². The van der Waals surface area contributed by atoms with Crippen LogP contribution < -0.4 is 11.1 Å². The van der Waals surface area contributed by atoms with E-state index in [-0.39, 0.29) is 6.42 Å². The van der Waals surface area contributed by atoms with Gasteiger partial charge in [-0.25, -0.2) is 4.79 Å². The molecule has 126 valence electrons. The minimum absolute atomic E-state index is 0.223. The lowest BCUT2D eigenvalue weighted by Crippen LogP contribution is -2.53. The van der Waals surface area contributed by atoms with Crippen molar-refractivity contribution in [3.63, 3.8) is 0 Å². The Morgan fingerprint density at radius 3 is 2.87 bits per heavy atom. The van der Waals surface area contributed by atoms with Gasteiger partial charge < -0.3 is 25.5 Å². The van der Waals surface area contributed by atoms with Crippen LogP contribution >= 0.6 is 0 Å². The molecule has 0 bridgehead atoms. The van der Waals surface area contributed by atoms with Gasteiger partial charge in [-0.05, 0) is 31.9 Å². The molecule has 1 saturated heterocycles. The molecule has 23 heavy (non-hydrogen) atoms. The fraction of sp³-hybridized carbons (Fsp3) is 0.533. The zero-order chi connectivity index (χ0) is 17.0. The number of furan rings is 1. The molecule has 2 rings (SSSR count). The molecule has 1 aliphatic heterocycles. The second kappa shape index (κ2) is 7.28. The number of carboxylic acid groups (broad SMARTS) is 1. The normalized spacial score (nSPS) is 20.1. The lowest BCUT2D eigenvalue weighted by molar-refractivity contribution is -0.149. The van der Waals surface area contributed by atoms with E-state index < -0.39 is 35.9 Å². The Balaban J connectivity index is 1.89. The summed E-state index contributed by atoms with van der Waals surface area (Å²) >= 11 is 0. The number of nitrogens with zero attached hydrogens (tertiary/aromatic N) is 1. The molecule has 3 atom stereocenters. The van der Waals surface area contributed by atoms with Crippen LogP contribution in [0.5, 0.6) is 0 Å². The highest BCUT2D eigenvalue weighted by molar-refractivity contribution is 5.91. The molecule has 2 amide bonds. The van der Waals surface area contributed by atoms with Gasteiger partial charge in [-0.3, -0.25) is 9.59 Å². The van der Waals surface area contributed by atoms with Crippen molar-refractivity contribution >= 4 is 17.8 Å². The zero-order valence-electron chi connectivity index (χ0n) is 12.9. The molecule has 0 spiro atoms. The summed E-state index contributed by atoms with van der Waals surface area (Å²) in [6, 6.07) is 0.920. The molecule has 1 aromatic rings. The van der Waals surface area contributed by atoms with E-state index in [2.05, 4.69) is 5.32 Å². The molecular weight excluding hydrogens is 302 g/mol. The summed E-state index contributed by atoms with van der Waals surface area (Å²) in [4.78, 5) is 36.8. The Kier molecular flexibility index (Phi) is 5.38. The molecule has 0 unspecified atom stereocenters. The van der Waals surface area contributed by atoms with Gasteiger partial charge in [-0.1, -0.05) is 0 Å². The van der Waals surface area contributed by atoms with Crippen molar-refractivity contribution in [1.29, 1.82) is 0 Å². The van der Waals surface area contributed by atoms with E-state index in [1.54, 1.807) is 12.1 Å². The number of carboxylic acids is 1. The van der Waals surface area contributed by atoms with Crippen molar-refractivity contribution in [3.05, 3.63) is 24.2 Å². The molecule has 0 saturated carbocycles. The van der Waals surface area contributed by atoms with Gasteiger partial charge in [0.2, 0.25) is 11.8 Å². The van der Waals surface area contributed by atoms with E-state index in [0.29, 0.717) is 25.1 Å². The number of nitrogens with two attached hydrogens (primary N) is 1. The van der Waals surface area contributed by atoms with E-state index in [9.17, 15) is 14.4 Å². The molecule has 1 aromatic heterocycles. The maximum absolute atomic E-state index is 12.3. The zero-order valence-corrected chi connectivity index (χ0v) is 12.9. The fourth-order valence-corrected chi connectivity index (χ4v) is 2.66. The molecule has 8 nitrogen and oxygen atoms in total. The van der Waals surface area contributed by atoms with Gasteiger partial charge in [0.05, 0.1) is 12.3 Å². The van der Waals surface area contributed by atoms with Crippen LogP contribution in [0.1, 0.15) is 25.5 Å². The Hall–Kier alpha value is -2.35. The highest BCUT2D eigenvalue weighted by Gasteiger charge is 2.36. The smallest absolute Gasteiger partial charge is 0.326 e. The minimum Gasteiger partial charge on any atom is -0.480 e. The number of hydrogen-bond acceptors (Lipinski definition) is 5. The number of hydrogen-bond donors (Lipinski definition) is 3. The third kappa shape index (κ3) is 4.10. The SMILES string of the molecule is C[C@H](NC(=O)[C@@H](N)Cc1ccco1)C(=O)N1CCC[C@H]1C(=O)O. The number of amides is 2. The van der Waals surface area contributed by atoms with Gasteiger partial charge in [-0.15, -0.1) is 0 Å². The van der Waals surface area contributed by atoms with Crippen molar-refractivity contribution in [2.45, 2.75) is 44.3 Å². The molecule has 2 heterocycles. The average Bonchev–Trinajstić information content (AvgIpc) is 3.17. The lowest BCUT2D eigenvalue weighted by Gasteiger charge is -2.26. The van der Waals surface area contributed by atoms with Crippen molar-refractivity contribution < 1.29 is 23.9 Å². The summed E-state index contributed by atoms with van der Waals surface area (Å²) in [5.74, 6) is -1.33. The summed E-state index contributed by atoms with van der Waals surface area (Å²) in [6.45, 7) is 1.91. The number of carbonyl (C=O) groups excluding carboxylic acids is 2. The Morgan fingerprint density at radius 2 is 2.26 bits per heavy atom. The first-order valence-electron chi connectivity index (χ1n) is 7.51. The Morgan fingerprint density at radius 1 is 1.52 bits per heavy atom. The summed E-state index contributed by atoms with van der Waals surface area (Å²) in [5, 5.41) is 11.7. The van der Waals surface area contributed by atoms with Crippen LogP contribution in [-0.4, -0.2) is 52.5 Å². The molecular formula is C15H21N3O5. The van der Waals surface area contributed by atoms with Crippen LogP contribution in [-0.2, 0) is 20.8 Å². The van der Waals surface area contributed by atoms with E-state index >= 15 is 0 Å². The molecule has 1 aliphatic rings. The number of nitrogens with one attached hydrogen (secondary N) is 1. The second-order valence-electron chi connectivity index (χ2n) is 5.65. The highest BCUT2D eigenvalue weighted by atomic mass is 16.4. The summed E-state index contributed by atoms with van der Waals surface area (Å²) < 4.78 is 5.13. The number of likely N-dealkylation sites (tertiary alicyclic amines) is 1. The first kappa shape index (κ1) is 17.0. The van der Waals surface area contributed by atoms with E-state index in [1.165, 1.54) is 18.1 Å².